The van der Waals surface area contributed by atoms with Crippen LogP contribution in [0.15, 0.2) is 0 Å². The third-order valence-electron chi connectivity index (χ3n) is 0.908. The van der Waals surface area contributed by atoms with Crippen molar-refractivity contribution in [2.75, 3.05) is 0 Å². The fourth-order valence-corrected chi connectivity index (χ4v) is 0.408. The van der Waals surface area contributed by atoms with Crippen LogP contribution in [0.5, 0.6) is 0 Å². The van der Waals surface area contributed by atoms with E-state index in [1.807, 2.05) is 0 Å². The number of aliphatic carboxylic acids is 2. The van der Waals surface area contributed by atoms with Gasteiger partial charge in [-0.15, -0.1) is 0 Å². The number of hydrogen-bond donors (Lipinski definition) is 0. The molecule has 0 aliphatic carbocycles. The van der Waals surface area contributed by atoms with Crippen molar-refractivity contribution in [2.24, 2.45) is 0 Å². The van der Waals surface area contributed by atoms with Gasteiger partial charge < -0.3 is 19.8 Å². The molecular formula is C10H20O4Sn. The van der Waals surface area contributed by atoms with E-state index < -0.39 is 11.9 Å². The molecule has 0 atom stereocenters. The average molecular weight is 323 g/mol. The first-order chi connectivity index (χ1) is 6.95. The topological polar surface area (TPSA) is 80.3 Å². The van der Waals surface area contributed by atoms with Crippen molar-refractivity contribution in [3.05, 3.63) is 0 Å². The molecule has 0 fully saturated rings. The second-order valence-corrected chi connectivity index (χ2v) is 5.60. The minimum atomic E-state index is -0.961. The zero-order valence-electron chi connectivity index (χ0n) is 9.96. The van der Waals surface area contributed by atoms with Crippen molar-refractivity contribution in [3.8, 4) is 0 Å². The summed E-state index contributed by atoms with van der Waals surface area (Å²) in [4.78, 5) is 23.6. The number of carboxylic acids is 2. The van der Waals surface area contributed by atoms with Gasteiger partial charge in [0, 0.05) is 11.9 Å². The molecule has 0 aliphatic rings. The molecule has 4 nitrogen and oxygen atoms in total. The van der Waals surface area contributed by atoms with E-state index in [0.29, 0.717) is 12.8 Å². The molecule has 88 valence electrons. The van der Waals surface area contributed by atoms with Gasteiger partial charge in [-0.1, -0.05) is 26.7 Å². The van der Waals surface area contributed by atoms with Crippen molar-refractivity contribution in [1.29, 1.82) is 0 Å². The van der Waals surface area contributed by atoms with E-state index in [9.17, 15) is 19.8 Å². The molecule has 0 aromatic carbocycles. The Hall–Kier alpha value is -0.261. The van der Waals surface area contributed by atoms with Crippen molar-refractivity contribution in [3.63, 3.8) is 0 Å². The number of carboxylic acid groups (broad SMARTS) is 2. The fraction of sp³-hybridized carbons (Fsp3) is 0.800. The van der Waals surface area contributed by atoms with E-state index in [2.05, 4.69) is 9.88 Å². The van der Waals surface area contributed by atoms with Crippen LogP contribution in [0.3, 0.4) is 0 Å². The van der Waals surface area contributed by atoms with E-state index in [-0.39, 0.29) is 34.0 Å². The second kappa shape index (κ2) is 19.3. The Bertz CT molecular complexity index is 132. The predicted octanol–water partition coefficient (Wildman–Crippen LogP) is -0.140. The van der Waals surface area contributed by atoms with Crippen LogP contribution in [0.4, 0.5) is 0 Å². The molecule has 15 heavy (non-hydrogen) atoms. The summed E-state index contributed by atoms with van der Waals surface area (Å²) in [5.41, 5.74) is 0. The zero-order valence-corrected chi connectivity index (χ0v) is 12.8. The number of carbonyl (C=O) groups excluding carboxylic acids is 2. The molecule has 0 aromatic heterocycles. The van der Waals surface area contributed by atoms with E-state index in [0.717, 1.165) is 0 Å². The summed E-state index contributed by atoms with van der Waals surface area (Å²) < 4.78 is 0. The SMILES string of the molecule is CCCC(=O)[O-].CCCC(=O)[O-].[CH3][Sn+2][CH3]. The van der Waals surface area contributed by atoms with Gasteiger partial charge in [0.1, 0.15) is 0 Å². The first kappa shape index (κ1) is 20.2. The molecule has 0 heterocycles. The van der Waals surface area contributed by atoms with Crippen LogP contribution in [-0.2, 0) is 9.59 Å². The van der Waals surface area contributed by atoms with E-state index in [4.69, 9.17) is 0 Å². The maximum absolute atomic E-state index is 9.49. The summed E-state index contributed by atoms with van der Waals surface area (Å²) in [6.45, 7) is 3.60. The normalized spacial score (nSPS) is 7.20. The van der Waals surface area contributed by atoms with Gasteiger partial charge in [0.05, 0.1) is 0 Å². The fourth-order valence-electron chi connectivity index (χ4n) is 0.408. The molecule has 0 saturated heterocycles. The Kier molecular flexibility index (Phi) is 26.0. The van der Waals surface area contributed by atoms with Crippen molar-refractivity contribution in [1.82, 2.24) is 0 Å². The average Bonchev–Trinajstić information content (AvgIpc) is 2.05. The van der Waals surface area contributed by atoms with Gasteiger partial charge in [-0.3, -0.25) is 0 Å². The summed E-state index contributed by atoms with van der Waals surface area (Å²) in [6.07, 6.45) is 1.70. The maximum atomic E-state index is 9.49. The van der Waals surface area contributed by atoms with Gasteiger partial charge in [0.25, 0.3) is 0 Å². The van der Waals surface area contributed by atoms with E-state index in [1.165, 1.54) is 0 Å². The molecule has 0 unspecified atom stereocenters. The van der Waals surface area contributed by atoms with Crippen LogP contribution in [0.2, 0.25) is 9.88 Å². The van der Waals surface area contributed by atoms with Gasteiger partial charge in [-0.05, 0) is 12.8 Å². The number of carbonyl (C=O) groups is 2. The molecule has 0 amide bonds. The zero-order chi connectivity index (χ0) is 12.7. The molecule has 0 N–H and O–H groups in total. The van der Waals surface area contributed by atoms with E-state index >= 15 is 0 Å². The Morgan fingerprint density at radius 3 is 1.13 bits per heavy atom. The van der Waals surface area contributed by atoms with Crippen LogP contribution < -0.4 is 10.2 Å². The molecular weight excluding hydrogens is 303 g/mol. The van der Waals surface area contributed by atoms with Gasteiger partial charge in [-0.25, -0.2) is 0 Å². The minimum absolute atomic E-state index is 0.181. The third-order valence-corrected chi connectivity index (χ3v) is 0.908. The molecule has 0 bridgehead atoms. The predicted molar refractivity (Wildman–Crippen MR) is 57.3 cm³/mol. The summed E-state index contributed by atoms with van der Waals surface area (Å²) in [7, 11) is 0. The quantitative estimate of drug-likeness (QED) is 0.675. The third kappa shape index (κ3) is 57.5. The molecule has 0 saturated carbocycles. The van der Waals surface area contributed by atoms with Crippen molar-refractivity contribution in [2.45, 2.75) is 49.4 Å². The summed E-state index contributed by atoms with van der Waals surface area (Å²) in [5.74, 6) is -1.92. The first-order valence-corrected chi connectivity index (χ1v) is 10.6. The number of hydrogen-bond acceptors (Lipinski definition) is 4. The van der Waals surface area contributed by atoms with E-state index in [1.54, 1.807) is 13.8 Å². The summed E-state index contributed by atoms with van der Waals surface area (Å²) in [5, 5.41) is 19.0. The van der Waals surface area contributed by atoms with Crippen LogP contribution in [-0.4, -0.2) is 33.1 Å². The molecule has 0 aliphatic heterocycles. The van der Waals surface area contributed by atoms with Crippen LogP contribution >= 0.6 is 0 Å². The Morgan fingerprint density at radius 1 is 0.933 bits per heavy atom. The molecule has 5 heteroatoms. The van der Waals surface area contributed by atoms with Crippen LogP contribution in [0, 0.1) is 0 Å². The Balaban J connectivity index is -0.000000153. The Morgan fingerprint density at radius 2 is 1.13 bits per heavy atom. The summed E-state index contributed by atoms with van der Waals surface area (Å²) in [6, 6.07) is 0. The van der Waals surface area contributed by atoms with Gasteiger partial charge in [-0.2, -0.15) is 0 Å². The molecule has 0 rings (SSSR count). The molecule has 0 aromatic rings. The van der Waals surface area contributed by atoms with Crippen LogP contribution in [0.25, 0.3) is 0 Å². The Labute approximate surface area is 102 Å². The van der Waals surface area contributed by atoms with Gasteiger partial charge in [0.2, 0.25) is 0 Å². The first-order valence-electron chi connectivity index (χ1n) is 4.94. The summed E-state index contributed by atoms with van der Waals surface area (Å²) >= 11 is 0.230. The standard InChI is InChI=1S/2C4H8O2.2CH3.Sn/c2*1-2-3-4(5)6;;;/h2*2-3H2,1H3,(H,5,6);2*1H3;/q;;;;+2/p-2. The van der Waals surface area contributed by atoms with Gasteiger partial charge in [0.15, 0.2) is 0 Å². The number of rotatable bonds is 4. The monoisotopic (exact) mass is 324 g/mol. The molecule has 0 radical (unpaired) electrons. The van der Waals surface area contributed by atoms with Crippen molar-refractivity contribution >= 4 is 33.1 Å². The van der Waals surface area contributed by atoms with Crippen LogP contribution in [0.1, 0.15) is 39.5 Å². The molecule has 0 spiro atoms. The van der Waals surface area contributed by atoms with Gasteiger partial charge >= 0.3 is 31.0 Å². The van der Waals surface area contributed by atoms with Crippen molar-refractivity contribution < 1.29 is 19.8 Å². The second-order valence-electron chi connectivity index (χ2n) is 2.74.